The Hall–Kier alpha value is -1.59. The lowest BCUT2D eigenvalue weighted by atomic mass is 9.99. The molecule has 2 atom stereocenters. The molecule has 332 valence electrons. The summed E-state index contributed by atoms with van der Waals surface area (Å²) in [5, 5.41) is 0. The molecule has 0 aromatic heterocycles. The predicted molar refractivity (Wildman–Crippen MR) is 238 cm³/mol. The Kier molecular flexibility index (Phi) is 41.8. The molecule has 0 amide bonds. The van der Waals surface area contributed by atoms with Crippen LogP contribution in [0, 0.1) is 11.8 Å². The minimum atomic E-state index is -0.760. The summed E-state index contributed by atoms with van der Waals surface area (Å²) in [5.41, 5.74) is 0. The lowest BCUT2D eigenvalue weighted by Gasteiger charge is -2.18. The van der Waals surface area contributed by atoms with E-state index in [1.165, 1.54) is 161 Å². The first kappa shape index (κ1) is 54.4. The Morgan fingerprint density at radius 2 is 0.679 bits per heavy atom. The summed E-state index contributed by atoms with van der Waals surface area (Å²) in [7, 11) is 0. The summed E-state index contributed by atoms with van der Waals surface area (Å²) in [6.07, 6.45) is 42.2. The van der Waals surface area contributed by atoms with Crippen LogP contribution in [0.2, 0.25) is 0 Å². The van der Waals surface area contributed by atoms with Crippen LogP contribution in [-0.2, 0) is 28.6 Å². The molecule has 0 heterocycles. The van der Waals surface area contributed by atoms with Gasteiger partial charge in [-0.05, 0) is 31.1 Å². The van der Waals surface area contributed by atoms with Crippen molar-refractivity contribution in [2.24, 2.45) is 11.8 Å². The van der Waals surface area contributed by atoms with Crippen LogP contribution in [0.3, 0.4) is 0 Å². The van der Waals surface area contributed by atoms with E-state index in [0.717, 1.165) is 69.6 Å². The van der Waals surface area contributed by atoms with Gasteiger partial charge in [0.05, 0.1) is 0 Å². The summed E-state index contributed by atoms with van der Waals surface area (Å²) in [5.74, 6) is 0.844. The summed E-state index contributed by atoms with van der Waals surface area (Å²) >= 11 is 0. The maximum atomic E-state index is 12.7. The number of ether oxygens (including phenoxy) is 3. The highest BCUT2D eigenvalue weighted by molar-refractivity contribution is 5.71. The normalized spacial score (nSPS) is 12.5. The lowest BCUT2D eigenvalue weighted by Crippen LogP contribution is -2.30. The van der Waals surface area contributed by atoms with Gasteiger partial charge in [-0.1, -0.05) is 234 Å². The van der Waals surface area contributed by atoms with Crippen molar-refractivity contribution in [3.63, 3.8) is 0 Å². The summed E-state index contributed by atoms with van der Waals surface area (Å²) in [4.78, 5) is 37.8. The Labute approximate surface area is 348 Å². The molecule has 56 heavy (non-hydrogen) atoms. The molecule has 0 aromatic carbocycles. The first-order valence-corrected chi connectivity index (χ1v) is 24.8. The fourth-order valence-electron chi connectivity index (χ4n) is 7.43. The van der Waals surface area contributed by atoms with E-state index in [0.29, 0.717) is 19.3 Å². The molecule has 0 aliphatic heterocycles. The zero-order valence-corrected chi connectivity index (χ0v) is 38.3. The molecule has 0 rings (SSSR count). The fraction of sp³-hybridized carbons (Fsp3) is 0.940. The van der Waals surface area contributed by atoms with E-state index in [9.17, 15) is 14.4 Å². The van der Waals surface area contributed by atoms with Crippen molar-refractivity contribution >= 4 is 17.9 Å². The highest BCUT2D eigenvalue weighted by Crippen LogP contribution is 2.17. The molecule has 0 spiro atoms. The van der Waals surface area contributed by atoms with E-state index in [2.05, 4.69) is 34.6 Å². The minimum absolute atomic E-state index is 0.0643. The van der Waals surface area contributed by atoms with E-state index in [-0.39, 0.29) is 31.1 Å². The Morgan fingerprint density at radius 1 is 0.375 bits per heavy atom. The molecule has 1 unspecified atom stereocenters. The molecule has 0 saturated heterocycles. The third kappa shape index (κ3) is 42.0. The predicted octanol–water partition coefficient (Wildman–Crippen LogP) is 15.8. The molecular formula is C50H96O6. The average molecular weight is 793 g/mol. The van der Waals surface area contributed by atoms with Crippen LogP contribution in [0.1, 0.15) is 272 Å². The van der Waals surface area contributed by atoms with Crippen molar-refractivity contribution < 1.29 is 28.6 Å². The van der Waals surface area contributed by atoms with Gasteiger partial charge in [-0.25, -0.2) is 0 Å². The first-order chi connectivity index (χ1) is 27.3. The Morgan fingerprint density at radius 3 is 1.02 bits per heavy atom. The van der Waals surface area contributed by atoms with E-state index in [4.69, 9.17) is 14.2 Å². The van der Waals surface area contributed by atoms with Gasteiger partial charge in [-0.15, -0.1) is 0 Å². The third-order valence-corrected chi connectivity index (χ3v) is 11.6. The SMILES string of the molecule is CCCCCCCCCCCCC(=O)O[C@H](COC(=O)CCCCCCCCCCCCCC(C)C)COC(=O)CCCCCCCCCCCCC(C)CC. The second-order valence-corrected chi connectivity index (χ2v) is 17.8. The van der Waals surface area contributed by atoms with Crippen molar-refractivity contribution in [3.8, 4) is 0 Å². The van der Waals surface area contributed by atoms with Crippen LogP contribution in [0.5, 0.6) is 0 Å². The first-order valence-electron chi connectivity index (χ1n) is 24.8. The number of esters is 3. The van der Waals surface area contributed by atoms with Crippen molar-refractivity contribution in [3.05, 3.63) is 0 Å². The highest BCUT2D eigenvalue weighted by atomic mass is 16.6. The topological polar surface area (TPSA) is 78.9 Å². The largest absolute Gasteiger partial charge is 0.462 e. The van der Waals surface area contributed by atoms with Crippen LogP contribution in [0.25, 0.3) is 0 Å². The summed E-state index contributed by atoms with van der Waals surface area (Å²) in [6.45, 7) is 11.4. The molecule has 0 aliphatic carbocycles. The van der Waals surface area contributed by atoms with Crippen LogP contribution in [0.15, 0.2) is 0 Å². The van der Waals surface area contributed by atoms with E-state index >= 15 is 0 Å². The minimum Gasteiger partial charge on any atom is -0.462 e. The third-order valence-electron chi connectivity index (χ3n) is 11.6. The fourth-order valence-corrected chi connectivity index (χ4v) is 7.43. The standard InChI is InChI=1S/C50H96O6/c1-6-8-9-10-11-12-20-27-32-37-42-50(53)56-47(43-54-48(51)40-35-30-25-21-15-13-14-18-23-28-33-38-45(3)4)44-55-49(52)41-36-31-26-22-17-16-19-24-29-34-39-46(5)7-2/h45-47H,6-44H2,1-5H3/t46?,47-/m1/s1. The number of hydrogen-bond acceptors (Lipinski definition) is 6. The Balaban J connectivity index is 4.30. The average Bonchev–Trinajstić information content (AvgIpc) is 3.18. The quantitative estimate of drug-likeness (QED) is 0.0347. The molecule has 0 aliphatic rings. The van der Waals surface area contributed by atoms with Gasteiger partial charge in [0.2, 0.25) is 0 Å². The maximum absolute atomic E-state index is 12.7. The van der Waals surface area contributed by atoms with E-state index < -0.39 is 6.10 Å². The number of unbranched alkanes of at least 4 members (excludes halogenated alkanes) is 28. The molecule has 6 heteroatoms. The van der Waals surface area contributed by atoms with Crippen LogP contribution in [-0.4, -0.2) is 37.2 Å². The van der Waals surface area contributed by atoms with Crippen LogP contribution in [0.4, 0.5) is 0 Å². The van der Waals surface area contributed by atoms with Crippen molar-refractivity contribution in [1.29, 1.82) is 0 Å². The lowest BCUT2D eigenvalue weighted by molar-refractivity contribution is -0.167. The smallest absolute Gasteiger partial charge is 0.306 e. The summed E-state index contributed by atoms with van der Waals surface area (Å²) in [6, 6.07) is 0. The molecule has 0 N–H and O–H groups in total. The van der Waals surface area contributed by atoms with Gasteiger partial charge >= 0.3 is 17.9 Å². The molecular weight excluding hydrogens is 697 g/mol. The molecule has 6 nitrogen and oxygen atoms in total. The summed E-state index contributed by atoms with van der Waals surface area (Å²) < 4.78 is 16.8. The second-order valence-electron chi connectivity index (χ2n) is 17.8. The van der Waals surface area contributed by atoms with Gasteiger partial charge in [0.25, 0.3) is 0 Å². The maximum Gasteiger partial charge on any atom is 0.306 e. The molecule has 0 bridgehead atoms. The Bertz CT molecular complexity index is 856. The van der Waals surface area contributed by atoms with Gasteiger partial charge in [-0.3, -0.25) is 14.4 Å². The number of hydrogen-bond donors (Lipinski definition) is 0. The van der Waals surface area contributed by atoms with Crippen LogP contribution < -0.4 is 0 Å². The van der Waals surface area contributed by atoms with E-state index in [1.54, 1.807) is 0 Å². The van der Waals surface area contributed by atoms with Gasteiger partial charge in [-0.2, -0.15) is 0 Å². The number of carbonyl (C=O) groups excluding carboxylic acids is 3. The van der Waals surface area contributed by atoms with Gasteiger partial charge in [0.15, 0.2) is 6.10 Å². The number of rotatable bonds is 44. The molecule has 0 saturated carbocycles. The van der Waals surface area contributed by atoms with Gasteiger partial charge < -0.3 is 14.2 Å². The van der Waals surface area contributed by atoms with Crippen molar-refractivity contribution in [2.45, 2.75) is 278 Å². The van der Waals surface area contributed by atoms with Crippen molar-refractivity contribution in [2.75, 3.05) is 13.2 Å². The van der Waals surface area contributed by atoms with E-state index in [1.807, 2.05) is 0 Å². The zero-order valence-electron chi connectivity index (χ0n) is 38.3. The second kappa shape index (κ2) is 43.0. The highest BCUT2D eigenvalue weighted by Gasteiger charge is 2.19. The molecule has 0 aromatic rings. The van der Waals surface area contributed by atoms with Crippen LogP contribution >= 0.6 is 0 Å². The molecule has 0 fully saturated rings. The monoisotopic (exact) mass is 793 g/mol. The van der Waals surface area contributed by atoms with Gasteiger partial charge in [0.1, 0.15) is 13.2 Å². The van der Waals surface area contributed by atoms with Gasteiger partial charge in [0, 0.05) is 19.3 Å². The number of carbonyl (C=O) groups is 3. The van der Waals surface area contributed by atoms with Crippen molar-refractivity contribution in [1.82, 2.24) is 0 Å². The zero-order chi connectivity index (χ0) is 41.2. The molecule has 0 radical (unpaired) electrons.